The number of anilines is 2. The monoisotopic (exact) mass is 470 g/mol. The van der Waals surface area contributed by atoms with Crippen LogP contribution >= 0.6 is 11.8 Å². The van der Waals surface area contributed by atoms with Crippen molar-refractivity contribution in [1.29, 1.82) is 0 Å². The summed E-state index contributed by atoms with van der Waals surface area (Å²) in [6.07, 6.45) is 0. The lowest BCUT2D eigenvalue weighted by atomic mass is 10.2. The zero-order valence-electron chi connectivity index (χ0n) is 18.4. The quantitative estimate of drug-likeness (QED) is 0.269. The first-order valence-electron chi connectivity index (χ1n) is 10.5. The Balaban J connectivity index is 1.55. The van der Waals surface area contributed by atoms with Gasteiger partial charge in [-0.05, 0) is 42.0 Å². The third kappa shape index (κ3) is 6.20. The van der Waals surface area contributed by atoms with Crippen LogP contribution in [0.1, 0.15) is 26.3 Å². The molecular formula is C26H22N4O3S. The van der Waals surface area contributed by atoms with Gasteiger partial charge in [0, 0.05) is 22.9 Å². The molecule has 3 aromatic carbocycles. The molecule has 0 aliphatic rings. The first-order valence-corrected chi connectivity index (χ1v) is 11.5. The predicted molar refractivity (Wildman–Crippen MR) is 133 cm³/mol. The molecule has 2 amide bonds. The van der Waals surface area contributed by atoms with E-state index in [0.717, 1.165) is 11.3 Å². The van der Waals surface area contributed by atoms with Crippen LogP contribution in [-0.2, 0) is 5.75 Å². The number of amides is 2. The van der Waals surface area contributed by atoms with E-state index in [-0.39, 0.29) is 17.8 Å². The van der Waals surface area contributed by atoms with E-state index in [1.54, 1.807) is 61.7 Å². The lowest BCUT2D eigenvalue weighted by Crippen LogP contribution is -2.17. The Morgan fingerprint density at radius 3 is 1.97 bits per heavy atom. The Bertz CT molecular complexity index is 1190. The van der Waals surface area contributed by atoms with Crippen molar-refractivity contribution in [3.8, 4) is 5.75 Å². The average molecular weight is 471 g/mol. The van der Waals surface area contributed by atoms with Crippen molar-refractivity contribution in [3.05, 3.63) is 108 Å². The number of hydrogen-bond donors (Lipinski definition) is 2. The third-order valence-electron chi connectivity index (χ3n) is 4.79. The molecule has 0 aliphatic heterocycles. The molecule has 0 radical (unpaired) electrons. The highest BCUT2D eigenvalue weighted by atomic mass is 32.2. The minimum Gasteiger partial charge on any atom is -0.497 e. The van der Waals surface area contributed by atoms with Crippen LogP contribution in [0.2, 0.25) is 0 Å². The summed E-state index contributed by atoms with van der Waals surface area (Å²) in [7, 11) is 1.63. The first kappa shape index (κ1) is 23.0. The van der Waals surface area contributed by atoms with Crippen molar-refractivity contribution >= 4 is 35.3 Å². The van der Waals surface area contributed by atoms with Gasteiger partial charge in [-0.15, -0.1) is 11.8 Å². The Hall–Kier alpha value is -4.17. The predicted octanol–water partition coefficient (Wildman–Crippen LogP) is 5.28. The summed E-state index contributed by atoms with van der Waals surface area (Å²) in [4.78, 5) is 34.1. The van der Waals surface area contributed by atoms with Gasteiger partial charge in [0.2, 0.25) is 5.95 Å². The fraction of sp³-hybridized carbons (Fsp3) is 0.0769. The van der Waals surface area contributed by atoms with Crippen LogP contribution in [0.4, 0.5) is 11.8 Å². The SMILES string of the molecule is COc1ccc(CSc2cc(NC(=O)c3ccccc3)nc(NC(=O)c3ccccc3)n2)cc1. The van der Waals surface area contributed by atoms with Gasteiger partial charge in [-0.1, -0.05) is 48.5 Å². The number of nitrogens with zero attached hydrogens (tertiary/aromatic N) is 2. The first-order chi connectivity index (χ1) is 16.6. The minimum atomic E-state index is -0.335. The van der Waals surface area contributed by atoms with Crippen molar-refractivity contribution in [2.75, 3.05) is 17.7 Å². The summed E-state index contributed by atoms with van der Waals surface area (Å²) < 4.78 is 5.20. The standard InChI is InChI=1S/C26H22N4O3S/c1-33-21-14-12-18(13-15-21)17-34-23-16-22(27-24(31)19-8-4-2-5-9-19)28-26(29-23)30-25(32)20-10-6-3-7-11-20/h2-16H,17H2,1H3,(H2,27,28,29,30,31,32). The van der Waals surface area contributed by atoms with Crippen LogP contribution in [-0.4, -0.2) is 28.9 Å². The van der Waals surface area contributed by atoms with Crippen LogP contribution in [0.3, 0.4) is 0 Å². The number of ether oxygens (including phenoxy) is 1. The van der Waals surface area contributed by atoms with Crippen LogP contribution in [0, 0.1) is 0 Å². The lowest BCUT2D eigenvalue weighted by Gasteiger charge is -2.10. The fourth-order valence-corrected chi connectivity index (χ4v) is 3.89. The maximum Gasteiger partial charge on any atom is 0.258 e. The van der Waals surface area contributed by atoms with E-state index >= 15 is 0 Å². The second-order valence-corrected chi connectivity index (χ2v) is 8.19. The highest BCUT2D eigenvalue weighted by Crippen LogP contribution is 2.25. The summed E-state index contributed by atoms with van der Waals surface area (Å²) in [5.74, 6) is 1.19. The number of carbonyl (C=O) groups is 2. The number of methoxy groups -OCH3 is 1. The molecule has 0 spiro atoms. The number of rotatable bonds is 8. The second-order valence-electron chi connectivity index (χ2n) is 7.19. The van der Waals surface area contributed by atoms with Gasteiger partial charge in [-0.2, -0.15) is 4.98 Å². The van der Waals surface area contributed by atoms with Gasteiger partial charge in [-0.3, -0.25) is 14.9 Å². The lowest BCUT2D eigenvalue weighted by molar-refractivity contribution is 0.101. The van der Waals surface area contributed by atoms with Crippen molar-refractivity contribution < 1.29 is 14.3 Å². The Morgan fingerprint density at radius 2 is 1.38 bits per heavy atom. The molecule has 4 rings (SSSR count). The molecule has 0 aliphatic carbocycles. The molecule has 170 valence electrons. The molecule has 7 nitrogen and oxygen atoms in total. The normalized spacial score (nSPS) is 10.4. The summed E-state index contributed by atoms with van der Waals surface area (Å²) >= 11 is 1.47. The summed E-state index contributed by atoms with van der Waals surface area (Å²) in [5, 5.41) is 6.13. The molecule has 0 bridgehead atoms. The van der Waals surface area contributed by atoms with Gasteiger partial charge in [0.1, 0.15) is 16.6 Å². The third-order valence-corrected chi connectivity index (χ3v) is 5.77. The van der Waals surface area contributed by atoms with Gasteiger partial charge >= 0.3 is 0 Å². The Labute approximate surface area is 201 Å². The largest absolute Gasteiger partial charge is 0.497 e. The van der Waals surface area contributed by atoms with Crippen LogP contribution in [0.15, 0.2) is 96.0 Å². The van der Waals surface area contributed by atoms with E-state index in [1.807, 2.05) is 36.4 Å². The molecule has 0 unspecified atom stereocenters. The number of hydrogen-bond acceptors (Lipinski definition) is 6. The number of carbonyl (C=O) groups excluding carboxylic acids is 2. The van der Waals surface area contributed by atoms with Gasteiger partial charge in [0.25, 0.3) is 11.8 Å². The van der Waals surface area contributed by atoms with Crippen molar-refractivity contribution in [1.82, 2.24) is 9.97 Å². The van der Waals surface area contributed by atoms with E-state index in [1.165, 1.54) is 11.8 Å². The van der Waals surface area contributed by atoms with Crippen LogP contribution < -0.4 is 15.4 Å². The zero-order chi connectivity index (χ0) is 23.8. The molecule has 0 saturated heterocycles. The van der Waals surface area contributed by atoms with Crippen LogP contribution in [0.5, 0.6) is 5.75 Å². The fourth-order valence-electron chi connectivity index (χ4n) is 3.04. The molecule has 0 atom stereocenters. The number of nitrogens with one attached hydrogen (secondary N) is 2. The molecular weight excluding hydrogens is 448 g/mol. The summed E-state index contributed by atoms with van der Waals surface area (Å²) in [5.41, 5.74) is 2.06. The van der Waals surface area contributed by atoms with E-state index in [2.05, 4.69) is 20.6 Å². The van der Waals surface area contributed by atoms with Gasteiger partial charge in [-0.25, -0.2) is 4.98 Å². The maximum absolute atomic E-state index is 12.6. The molecule has 0 fully saturated rings. The number of aromatic nitrogens is 2. The summed E-state index contributed by atoms with van der Waals surface area (Å²) in [6, 6.07) is 27.1. The van der Waals surface area contributed by atoms with Crippen LogP contribution in [0.25, 0.3) is 0 Å². The molecule has 34 heavy (non-hydrogen) atoms. The van der Waals surface area contributed by atoms with Crippen molar-refractivity contribution in [2.45, 2.75) is 10.8 Å². The number of benzene rings is 3. The van der Waals surface area contributed by atoms with Gasteiger partial charge < -0.3 is 10.1 Å². The maximum atomic E-state index is 12.6. The van der Waals surface area contributed by atoms with E-state index in [0.29, 0.717) is 27.7 Å². The molecule has 1 heterocycles. The smallest absolute Gasteiger partial charge is 0.258 e. The average Bonchev–Trinajstić information content (AvgIpc) is 2.88. The summed E-state index contributed by atoms with van der Waals surface area (Å²) in [6.45, 7) is 0. The van der Waals surface area contributed by atoms with Gasteiger partial charge in [0.05, 0.1) is 7.11 Å². The molecule has 1 aromatic heterocycles. The van der Waals surface area contributed by atoms with Gasteiger partial charge in [0.15, 0.2) is 0 Å². The minimum absolute atomic E-state index is 0.108. The number of thioether (sulfide) groups is 1. The second kappa shape index (κ2) is 11.1. The highest BCUT2D eigenvalue weighted by molar-refractivity contribution is 7.98. The molecule has 8 heteroatoms. The Kier molecular flexibility index (Phi) is 7.52. The van der Waals surface area contributed by atoms with Crippen molar-refractivity contribution in [2.24, 2.45) is 0 Å². The highest BCUT2D eigenvalue weighted by Gasteiger charge is 2.13. The molecule has 0 saturated carbocycles. The van der Waals surface area contributed by atoms with E-state index < -0.39 is 0 Å². The Morgan fingerprint density at radius 1 is 0.794 bits per heavy atom. The van der Waals surface area contributed by atoms with E-state index in [4.69, 9.17) is 4.74 Å². The zero-order valence-corrected chi connectivity index (χ0v) is 19.2. The van der Waals surface area contributed by atoms with E-state index in [9.17, 15) is 9.59 Å². The molecule has 4 aromatic rings. The topological polar surface area (TPSA) is 93.2 Å². The van der Waals surface area contributed by atoms with Crippen molar-refractivity contribution in [3.63, 3.8) is 0 Å². The molecule has 2 N–H and O–H groups in total.